The fourth-order valence-electron chi connectivity index (χ4n) is 1.72. The first-order valence-corrected chi connectivity index (χ1v) is 5.26. The lowest BCUT2D eigenvalue weighted by molar-refractivity contribution is 0.340. The van der Waals surface area contributed by atoms with Gasteiger partial charge in [-0.25, -0.2) is 0 Å². The van der Waals surface area contributed by atoms with E-state index in [0.29, 0.717) is 12.4 Å². The average Bonchev–Trinajstić information content (AvgIpc) is 2.59. The van der Waals surface area contributed by atoms with Crippen LogP contribution in [0.3, 0.4) is 0 Å². The molecule has 0 fully saturated rings. The smallest absolute Gasteiger partial charge is 0.153 e. The normalized spacial score (nSPS) is 10.4. The van der Waals surface area contributed by atoms with Crippen LogP contribution < -0.4 is 10.5 Å². The maximum absolute atomic E-state index is 5.81. The molecule has 2 rings (SSSR count). The van der Waals surface area contributed by atoms with Crippen LogP contribution in [0.15, 0.2) is 24.3 Å². The molecule has 3 N–H and O–H groups in total. The van der Waals surface area contributed by atoms with Gasteiger partial charge in [0.25, 0.3) is 0 Å². The van der Waals surface area contributed by atoms with Crippen molar-refractivity contribution in [3.8, 4) is 16.9 Å². The molecule has 0 aliphatic rings. The van der Waals surface area contributed by atoms with Crippen LogP contribution in [0.2, 0.25) is 0 Å². The number of H-pyrrole nitrogens is 1. The summed E-state index contributed by atoms with van der Waals surface area (Å²) in [6.07, 6.45) is 0. The van der Waals surface area contributed by atoms with Crippen molar-refractivity contribution in [2.24, 2.45) is 0 Å². The molecular weight excluding hydrogens is 202 g/mol. The van der Waals surface area contributed by atoms with Gasteiger partial charge in [0, 0.05) is 11.3 Å². The monoisotopic (exact) mass is 217 g/mol. The highest BCUT2D eigenvalue weighted by Gasteiger charge is 2.10. The Morgan fingerprint density at radius 2 is 2.25 bits per heavy atom. The van der Waals surface area contributed by atoms with Gasteiger partial charge >= 0.3 is 0 Å². The topological polar surface area (TPSA) is 63.9 Å². The minimum absolute atomic E-state index is 0.520. The highest BCUT2D eigenvalue weighted by Crippen LogP contribution is 2.29. The summed E-state index contributed by atoms with van der Waals surface area (Å²) in [6.45, 7) is 4.57. The van der Waals surface area contributed by atoms with Gasteiger partial charge in [0.2, 0.25) is 0 Å². The summed E-state index contributed by atoms with van der Waals surface area (Å²) in [5, 5.41) is 6.85. The molecule has 1 aromatic heterocycles. The van der Waals surface area contributed by atoms with Crippen LogP contribution in [0.25, 0.3) is 11.1 Å². The maximum atomic E-state index is 5.81. The van der Waals surface area contributed by atoms with Gasteiger partial charge in [-0.1, -0.05) is 12.1 Å². The molecule has 0 amide bonds. The van der Waals surface area contributed by atoms with E-state index in [4.69, 9.17) is 10.5 Å². The van der Waals surface area contributed by atoms with E-state index in [2.05, 4.69) is 10.2 Å². The highest BCUT2D eigenvalue weighted by atomic mass is 16.5. The van der Waals surface area contributed by atoms with Crippen molar-refractivity contribution in [1.82, 2.24) is 10.2 Å². The molecule has 2 aromatic rings. The largest absolute Gasteiger partial charge is 0.494 e. The Kier molecular flexibility index (Phi) is 2.81. The first kappa shape index (κ1) is 10.5. The summed E-state index contributed by atoms with van der Waals surface area (Å²) in [5.41, 5.74) is 8.75. The zero-order valence-corrected chi connectivity index (χ0v) is 9.45. The van der Waals surface area contributed by atoms with Gasteiger partial charge in [0.15, 0.2) is 5.82 Å². The zero-order valence-electron chi connectivity index (χ0n) is 9.45. The molecule has 0 spiro atoms. The molecule has 4 heteroatoms. The number of aromatic amines is 1. The Bertz CT molecular complexity index is 471. The van der Waals surface area contributed by atoms with Crippen molar-refractivity contribution < 1.29 is 4.74 Å². The Balaban J connectivity index is 2.44. The average molecular weight is 217 g/mol. The van der Waals surface area contributed by atoms with Crippen LogP contribution in [0.5, 0.6) is 5.75 Å². The number of nitrogens with two attached hydrogens (primary N) is 1. The van der Waals surface area contributed by atoms with Crippen molar-refractivity contribution in [2.75, 3.05) is 12.3 Å². The number of ether oxygens (including phenoxy) is 1. The quantitative estimate of drug-likeness (QED) is 0.829. The number of nitrogen functional groups attached to an aromatic ring is 1. The first-order valence-electron chi connectivity index (χ1n) is 5.26. The Morgan fingerprint density at radius 1 is 1.44 bits per heavy atom. The number of aromatic nitrogens is 2. The van der Waals surface area contributed by atoms with E-state index in [1.807, 2.05) is 38.1 Å². The summed E-state index contributed by atoms with van der Waals surface area (Å²) < 4.78 is 5.45. The van der Waals surface area contributed by atoms with Crippen molar-refractivity contribution in [2.45, 2.75) is 13.8 Å². The summed E-state index contributed by atoms with van der Waals surface area (Å²) in [5.74, 6) is 1.37. The fraction of sp³-hybridized carbons (Fsp3) is 0.250. The molecule has 0 saturated carbocycles. The number of hydrogen-bond donors (Lipinski definition) is 2. The molecule has 0 unspecified atom stereocenters. The van der Waals surface area contributed by atoms with E-state index in [-0.39, 0.29) is 0 Å². The van der Waals surface area contributed by atoms with Crippen molar-refractivity contribution in [1.29, 1.82) is 0 Å². The lowest BCUT2D eigenvalue weighted by Crippen LogP contribution is -1.92. The van der Waals surface area contributed by atoms with Gasteiger partial charge in [0.05, 0.1) is 6.61 Å². The number of nitrogens with one attached hydrogen (secondary N) is 1. The fourth-order valence-corrected chi connectivity index (χ4v) is 1.72. The molecular formula is C12H15N3O. The van der Waals surface area contributed by atoms with E-state index in [0.717, 1.165) is 22.6 Å². The predicted octanol–water partition coefficient (Wildman–Crippen LogP) is 2.37. The van der Waals surface area contributed by atoms with Gasteiger partial charge in [0.1, 0.15) is 5.75 Å². The molecule has 0 radical (unpaired) electrons. The van der Waals surface area contributed by atoms with Crippen LogP contribution in [-0.4, -0.2) is 16.8 Å². The number of nitrogens with zero attached hydrogens (tertiary/aromatic N) is 1. The van der Waals surface area contributed by atoms with Gasteiger partial charge in [-0.05, 0) is 31.5 Å². The lowest BCUT2D eigenvalue weighted by atomic mass is 10.1. The van der Waals surface area contributed by atoms with Gasteiger partial charge in [-0.15, -0.1) is 0 Å². The molecule has 0 aliphatic heterocycles. The van der Waals surface area contributed by atoms with Crippen LogP contribution >= 0.6 is 0 Å². The Hall–Kier alpha value is -1.97. The third-order valence-corrected chi connectivity index (χ3v) is 2.41. The van der Waals surface area contributed by atoms with E-state index in [1.165, 1.54) is 0 Å². The summed E-state index contributed by atoms with van der Waals surface area (Å²) in [7, 11) is 0. The minimum Gasteiger partial charge on any atom is -0.494 e. The lowest BCUT2D eigenvalue weighted by Gasteiger charge is -2.06. The number of hydrogen-bond acceptors (Lipinski definition) is 3. The molecule has 1 heterocycles. The molecule has 0 atom stereocenters. The van der Waals surface area contributed by atoms with E-state index >= 15 is 0 Å². The third-order valence-electron chi connectivity index (χ3n) is 2.41. The molecule has 0 bridgehead atoms. The van der Waals surface area contributed by atoms with Crippen LogP contribution in [-0.2, 0) is 0 Å². The second-order valence-electron chi connectivity index (χ2n) is 3.57. The first-order chi connectivity index (χ1) is 7.72. The van der Waals surface area contributed by atoms with Gasteiger partial charge in [-0.2, -0.15) is 5.10 Å². The zero-order chi connectivity index (χ0) is 11.5. The molecule has 1 aromatic carbocycles. The number of anilines is 1. The number of rotatable bonds is 3. The number of benzene rings is 1. The highest BCUT2D eigenvalue weighted by molar-refractivity contribution is 5.76. The van der Waals surface area contributed by atoms with E-state index in [1.54, 1.807) is 0 Å². The summed E-state index contributed by atoms with van der Waals surface area (Å²) >= 11 is 0. The van der Waals surface area contributed by atoms with Crippen molar-refractivity contribution in [3.63, 3.8) is 0 Å². The second-order valence-corrected chi connectivity index (χ2v) is 3.57. The number of aryl methyl sites for hydroxylation is 1. The summed E-state index contributed by atoms with van der Waals surface area (Å²) in [6, 6.07) is 7.85. The van der Waals surface area contributed by atoms with Gasteiger partial charge < -0.3 is 10.5 Å². The van der Waals surface area contributed by atoms with Crippen LogP contribution in [0.4, 0.5) is 5.82 Å². The van der Waals surface area contributed by atoms with Crippen LogP contribution in [0, 0.1) is 6.92 Å². The standard InChI is InChI=1S/C12H15N3O/c1-3-16-10-6-4-5-9(7-10)11-8(2)14-15-12(11)13/h4-7H,3H2,1-2H3,(H3,13,14,15). The van der Waals surface area contributed by atoms with E-state index < -0.39 is 0 Å². The van der Waals surface area contributed by atoms with Gasteiger partial charge in [-0.3, -0.25) is 5.10 Å². The van der Waals surface area contributed by atoms with E-state index in [9.17, 15) is 0 Å². The Labute approximate surface area is 94.4 Å². The van der Waals surface area contributed by atoms with Crippen molar-refractivity contribution >= 4 is 5.82 Å². The predicted molar refractivity (Wildman–Crippen MR) is 64.3 cm³/mol. The second kappa shape index (κ2) is 4.26. The molecule has 4 nitrogen and oxygen atoms in total. The van der Waals surface area contributed by atoms with Crippen molar-refractivity contribution in [3.05, 3.63) is 30.0 Å². The molecule has 84 valence electrons. The molecule has 0 saturated heterocycles. The maximum Gasteiger partial charge on any atom is 0.153 e. The minimum atomic E-state index is 0.520. The molecule has 16 heavy (non-hydrogen) atoms. The Morgan fingerprint density at radius 3 is 2.88 bits per heavy atom. The molecule has 0 aliphatic carbocycles. The summed E-state index contributed by atoms with van der Waals surface area (Å²) in [4.78, 5) is 0. The third kappa shape index (κ3) is 1.86. The SMILES string of the molecule is CCOc1cccc(-c2c(N)n[nH]c2C)c1. The van der Waals surface area contributed by atoms with Crippen LogP contribution in [0.1, 0.15) is 12.6 Å².